The number of aromatic nitrogens is 1. The van der Waals surface area contributed by atoms with Gasteiger partial charge in [0.05, 0.1) is 6.26 Å². The fourth-order valence-corrected chi connectivity index (χ4v) is 4.18. The fraction of sp³-hybridized carbons (Fsp3) is 0.414. The third-order valence-electron chi connectivity index (χ3n) is 5.62. The SMILES string of the molecule is C=CCc1cccc(CC(C)(NC(=O)OC(C)(C)C)C(=O)OCc2cc(CC=C)nc(N(C)S(C)(=O)=O)c2)c1. The molecule has 0 bridgehead atoms. The smallest absolute Gasteiger partial charge is 0.408 e. The number of nitrogens with zero attached hydrogens (tertiary/aromatic N) is 2. The molecule has 10 heteroatoms. The van der Waals surface area contributed by atoms with Crippen LogP contribution in [-0.2, 0) is 50.2 Å². The van der Waals surface area contributed by atoms with Gasteiger partial charge in [-0.05, 0) is 62.9 Å². The quantitative estimate of drug-likeness (QED) is 0.302. The number of anilines is 1. The second-order valence-electron chi connectivity index (χ2n) is 10.6. The summed E-state index contributed by atoms with van der Waals surface area (Å²) in [4.78, 5) is 30.6. The molecule has 1 unspecified atom stereocenters. The van der Waals surface area contributed by atoms with E-state index in [2.05, 4.69) is 23.5 Å². The molecule has 2 rings (SSSR count). The summed E-state index contributed by atoms with van der Waals surface area (Å²) in [5, 5.41) is 2.70. The van der Waals surface area contributed by atoms with Gasteiger partial charge in [-0.1, -0.05) is 36.4 Å². The zero-order valence-electron chi connectivity index (χ0n) is 23.6. The average Bonchev–Trinajstić information content (AvgIpc) is 2.80. The first-order valence-corrected chi connectivity index (χ1v) is 14.3. The summed E-state index contributed by atoms with van der Waals surface area (Å²) in [7, 11) is -2.16. The molecule has 1 aromatic heterocycles. The fourth-order valence-electron chi connectivity index (χ4n) is 3.75. The molecule has 39 heavy (non-hydrogen) atoms. The third kappa shape index (κ3) is 9.86. The first-order valence-electron chi connectivity index (χ1n) is 12.5. The Kier molecular flexibility index (Phi) is 10.5. The summed E-state index contributed by atoms with van der Waals surface area (Å²) in [5.41, 5.74) is 0.715. The normalized spacial score (nSPS) is 13.1. The molecule has 1 heterocycles. The van der Waals surface area contributed by atoms with Crippen molar-refractivity contribution in [1.82, 2.24) is 10.3 Å². The number of sulfonamides is 1. The van der Waals surface area contributed by atoms with Crippen LogP contribution < -0.4 is 9.62 Å². The topological polar surface area (TPSA) is 115 Å². The van der Waals surface area contributed by atoms with Gasteiger partial charge in [0.1, 0.15) is 23.6 Å². The highest BCUT2D eigenvalue weighted by molar-refractivity contribution is 7.92. The van der Waals surface area contributed by atoms with Crippen molar-refractivity contribution < 1.29 is 27.5 Å². The van der Waals surface area contributed by atoms with Crippen LogP contribution in [-0.4, -0.2) is 49.9 Å². The van der Waals surface area contributed by atoms with Crippen LogP contribution in [0, 0.1) is 0 Å². The number of benzene rings is 1. The second-order valence-corrected chi connectivity index (χ2v) is 12.6. The van der Waals surface area contributed by atoms with Gasteiger partial charge in [0.25, 0.3) is 0 Å². The Hall–Kier alpha value is -3.66. The number of alkyl carbamates (subject to hydrolysis) is 1. The van der Waals surface area contributed by atoms with Gasteiger partial charge in [-0.25, -0.2) is 23.0 Å². The summed E-state index contributed by atoms with van der Waals surface area (Å²) < 4.78 is 36.3. The molecule has 9 nitrogen and oxygen atoms in total. The monoisotopic (exact) mass is 557 g/mol. The molecule has 1 aromatic carbocycles. The molecule has 212 valence electrons. The van der Waals surface area contributed by atoms with Gasteiger partial charge in [-0.15, -0.1) is 13.2 Å². The number of amides is 1. The minimum atomic E-state index is -3.56. The first kappa shape index (κ1) is 31.6. The van der Waals surface area contributed by atoms with E-state index in [4.69, 9.17) is 9.47 Å². The molecule has 1 atom stereocenters. The van der Waals surface area contributed by atoms with Crippen LogP contribution in [0.4, 0.5) is 10.6 Å². The molecule has 2 aromatic rings. The molecule has 1 N–H and O–H groups in total. The van der Waals surface area contributed by atoms with E-state index in [0.29, 0.717) is 24.1 Å². The van der Waals surface area contributed by atoms with Gasteiger partial charge in [0.2, 0.25) is 10.0 Å². The molecule has 1 amide bonds. The first-order chi connectivity index (χ1) is 18.1. The average molecular weight is 558 g/mol. The maximum Gasteiger partial charge on any atom is 0.408 e. The molecule has 0 aliphatic rings. The summed E-state index contributed by atoms with van der Waals surface area (Å²) in [6, 6.07) is 10.9. The number of allylic oxidation sites excluding steroid dienone is 2. The molecular weight excluding hydrogens is 518 g/mol. The predicted octanol–water partition coefficient (Wildman–Crippen LogP) is 4.50. The van der Waals surface area contributed by atoms with Gasteiger partial charge in [-0.3, -0.25) is 4.31 Å². The predicted molar refractivity (Wildman–Crippen MR) is 153 cm³/mol. The Morgan fingerprint density at radius 2 is 1.67 bits per heavy atom. The number of ether oxygens (including phenoxy) is 2. The van der Waals surface area contributed by atoms with Crippen molar-refractivity contribution in [2.45, 2.75) is 64.7 Å². The van der Waals surface area contributed by atoms with Crippen molar-refractivity contribution >= 4 is 27.9 Å². The van der Waals surface area contributed by atoms with E-state index in [9.17, 15) is 18.0 Å². The lowest BCUT2D eigenvalue weighted by molar-refractivity contribution is -0.152. The standard InChI is InChI=1S/C29H39N3O6S/c1-9-12-21-14-11-15-22(16-21)19-29(6,31-27(34)38-28(3,4)5)26(33)37-20-23-17-24(13-10-2)30-25(18-23)32(7)39(8,35)36/h9-11,14-18H,1-2,12-13,19-20H2,3-8H3,(H,31,34). The van der Waals surface area contributed by atoms with Crippen LogP contribution in [0.3, 0.4) is 0 Å². The number of pyridine rings is 1. The zero-order valence-corrected chi connectivity index (χ0v) is 24.4. The lowest BCUT2D eigenvalue weighted by Gasteiger charge is -2.30. The number of carbonyl (C=O) groups excluding carboxylic acids is 2. The minimum Gasteiger partial charge on any atom is -0.459 e. The Morgan fingerprint density at radius 1 is 1.03 bits per heavy atom. The van der Waals surface area contributed by atoms with Crippen molar-refractivity contribution in [3.05, 3.63) is 84.1 Å². The highest BCUT2D eigenvalue weighted by Crippen LogP contribution is 2.22. The number of esters is 1. The zero-order chi connectivity index (χ0) is 29.4. The number of rotatable bonds is 12. The van der Waals surface area contributed by atoms with Crippen molar-refractivity contribution in [3.8, 4) is 0 Å². The van der Waals surface area contributed by atoms with E-state index in [1.165, 1.54) is 13.1 Å². The molecule has 0 saturated heterocycles. The lowest BCUT2D eigenvalue weighted by Crippen LogP contribution is -2.55. The van der Waals surface area contributed by atoms with E-state index in [1.54, 1.807) is 45.9 Å². The van der Waals surface area contributed by atoms with E-state index in [0.717, 1.165) is 21.7 Å². The summed E-state index contributed by atoms with van der Waals surface area (Å²) in [6.07, 6.45) is 4.96. The number of hydrogen-bond donors (Lipinski definition) is 1. The largest absolute Gasteiger partial charge is 0.459 e. The summed E-state index contributed by atoms with van der Waals surface area (Å²) in [6.45, 7) is 14.1. The number of carbonyl (C=O) groups is 2. The van der Waals surface area contributed by atoms with Gasteiger partial charge < -0.3 is 14.8 Å². The maximum absolute atomic E-state index is 13.5. The van der Waals surface area contributed by atoms with Crippen LogP contribution in [0.15, 0.2) is 61.7 Å². The number of nitrogens with one attached hydrogen (secondary N) is 1. The second kappa shape index (κ2) is 12.9. The highest BCUT2D eigenvalue weighted by atomic mass is 32.2. The third-order valence-corrected chi connectivity index (χ3v) is 6.81. The van der Waals surface area contributed by atoms with E-state index < -0.39 is 33.2 Å². The lowest BCUT2D eigenvalue weighted by atomic mass is 9.91. The van der Waals surface area contributed by atoms with Crippen LogP contribution in [0.2, 0.25) is 0 Å². The molecule has 0 radical (unpaired) electrons. The van der Waals surface area contributed by atoms with Crippen LogP contribution in [0.5, 0.6) is 0 Å². The van der Waals surface area contributed by atoms with Crippen LogP contribution in [0.1, 0.15) is 50.1 Å². The van der Waals surface area contributed by atoms with E-state index in [1.807, 2.05) is 24.3 Å². The molecular formula is C29H39N3O6S. The molecule has 0 spiro atoms. The highest BCUT2D eigenvalue weighted by Gasteiger charge is 2.38. The van der Waals surface area contributed by atoms with Crippen molar-refractivity contribution in [1.29, 1.82) is 0 Å². The molecule has 0 saturated carbocycles. The van der Waals surface area contributed by atoms with Gasteiger partial charge >= 0.3 is 12.1 Å². The number of hydrogen-bond acceptors (Lipinski definition) is 7. The van der Waals surface area contributed by atoms with Crippen molar-refractivity contribution in [2.24, 2.45) is 0 Å². The van der Waals surface area contributed by atoms with E-state index in [-0.39, 0.29) is 18.8 Å². The Labute approximate surface area is 232 Å². The van der Waals surface area contributed by atoms with Gasteiger partial charge in [0.15, 0.2) is 0 Å². The van der Waals surface area contributed by atoms with Gasteiger partial charge in [0, 0.05) is 25.6 Å². The maximum atomic E-state index is 13.5. The summed E-state index contributed by atoms with van der Waals surface area (Å²) in [5.74, 6) is -0.487. The van der Waals surface area contributed by atoms with Crippen LogP contribution >= 0.6 is 0 Å². The Balaban J connectivity index is 2.36. The van der Waals surface area contributed by atoms with Crippen molar-refractivity contribution in [2.75, 3.05) is 17.6 Å². The Morgan fingerprint density at radius 3 is 2.26 bits per heavy atom. The molecule has 0 fully saturated rings. The van der Waals surface area contributed by atoms with E-state index >= 15 is 0 Å². The summed E-state index contributed by atoms with van der Waals surface area (Å²) >= 11 is 0. The molecule has 0 aliphatic heterocycles. The van der Waals surface area contributed by atoms with Gasteiger partial charge in [-0.2, -0.15) is 0 Å². The van der Waals surface area contributed by atoms with Crippen LogP contribution in [0.25, 0.3) is 0 Å². The minimum absolute atomic E-state index is 0.149. The Bertz CT molecular complexity index is 1320. The van der Waals surface area contributed by atoms with Crippen molar-refractivity contribution in [3.63, 3.8) is 0 Å². The molecule has 0 aliphatic carbocycles.